The average molecular weight is 221 g/mol. The molecule has 1 aliphatic rings. The van der Waals surface area contributed by atoms with Crippen molar-refractivity contribution in [2.45, 2.75) is 45.1 Å². The molecule has 0 radical (unpaired) electrons. The van der Waals surface area contributed by atoms with Crippen molar-refractivity contribution < 1.29 is 0 Å². The minimum absolute atomic E-state index is 0.704. The van der Waals surface area contributed by atoms with Crippen molar-refractivity contribution in [3.05, 3.63) is 18.2 Å². The van der Waals surface area contributed by atoms with Crippen molar-refractivity contribution in [3.63, 3.8) is 0 Å². The van der Waals surface area contributed by atoms with Gasteiger partial charge < -0.3 is 9.88 Å². The maximum Gasteiger partial charge on any atom is 0.108 e. The summed E-state index contributed by atoms with van der Waals surface area (Å²) in [6.45, 7) is 3.29. The fraction of sp³-hybridized carbons (Fsp3) is 0.769. The van der Waals surface area contributed by atoms with Crippen LogP contribution in [0.15, 0.2) is 12.4 Å². The van der Waals surface area contributed by atoms with E-state index in [1.807, 2.05) is 12.4 Å². The lowest BCUT2D eigenvalue weighted by molar-refractivity contribution is 0.260. The molecule has 0 aromatic carbocycles. The minimum atomic E-state index is 0.704. The number of aryl methyl sites for hydroxylation is 1. The van der Waals surface area contributed by atoms with Gasteiger partial charge in [0.2, 0.25) is 0 Å². The average Bonchev–Trinajstić information content (AvgIpc) is 2.68. The van der Waals surface area contributed by atoms with E-state index in [2.05, 4.69) is 28.8 Å². The SMILES string of the molecule is CCNC1CCCCC1Cc1nccn1C. The topological polar surface area (TPSA) is 29.9 Å². The second-order valence-electron chi connectivity index (χ2n) is 4.87. The van der Waals surface area contributed by atoms with Gasteiger partial charge in [-0.25, -0.2) is 4.98 Å². The highest BCUT2D eigenvalue weighted by Crippen LogP contribution is 2.27. The van der Waals surface area contributed by atoms with Gasteiger partial charge in [-0.3, -0.25) is 0 Å². The molecule has 0 saturated heterocycles. The zero-order valence-electron chi connectivity index (χ0n) is 10.4. The van der Waals surface area contributed by atoms with E-state index >= 15 is 0 Å². The van der Waals surface area contributed by atoms with Crippen LogP contribution < -0.4 is 5.32 Å². The second-order valence-corrected chi connectivity index (χ2v) is 4.87. The van der Waals surface area contributed by atoms with Gasteiger partial charge in [0.15, 0.2) is 0 Å². The summed E-state index contributed by atoms with van der Waals surface area (Å²) in [4.78, 5) is 4.44. The Morgan fingerprint density at radius 2 is 2.25 bits per heavy atom. The number of nitrogens with one attached hydrogen (secondary N) is 1. The Bertz CT molecular complexity index is 317. The highest BCUT2D eigenvalue weighted by molar-refractivity contribution is 4.96. The Morgan fingerprint density at radius 1 is 1.44 bits per heavy atom. The molecule has 3 heteroatoms. The predicted molar refractivity (Wildman–Crippen MR) is 66.3 cm³/mol. The molecule has 0 aliphatic heterocycles. The lowest BCUT2D eigenvalue weighted by Gasteiger charge is -2.32. The molecule has 2 atom stereocenters. The molecule has 1 N–H and O–H groups in total. The van der Waals surface area contributed by atoms with Crippen molar-refractivity contribution in [1.82, 2.24) is 14.9 Å². The molecule has 1 aliphatic carbocycles. The monoisotopic (exact) mass is 221 g/mol. The lowest BCUT2D eigenvalue weighted by Crippen LogP contribution is -2.39. The normalized spacial score (nSPS) is 25.9. The fourth-order valence-electron chi connectivity index (χ4n) is 2.81. The number of hydrogen-bond donors (Lipinski definition) is 1. The van der Waals surface area contributed by atoms with Crippen molar-refractivity contribution in [2.75, 3.05) is 6.54 Å². The summed E-state index contributed by atoms with van der Waals surface area (Å²) in [6, 6.07) is 0.704. The number of nitrogens with zero attached hydrogens (tertiary/aromatic N) is 2. The van der Waals surface area contributed by atoms with Gasteiger partial charge in [-0.1, -0.05) is 19.8 Å². The van der Waals surface area contributed by atoms with E-state index in [1.54, 1.807) is 0 Å². The summed E-state index contributed by atoms with van der Waals surface area (Å²) < 4.78 is 2.15. The Balaban J connectivity index is 1.98. The molecule has 1 fully saturated rings. The van der Waals surface area contributed by atoms with E-state index in [-0.39, 0.29) is 0 Å². The van der Waals surface area contributed by atoms with Gasteiger partial charge in [-0.2, -0.15) is 0 Å². The summed E-state index contributed by atoms with van der Waals surface area (Å²) in [6.07, 6.45) is 10.5. The van der Waals surface area contributed by atoms with E-state index in [0.29, 0.717) is 6.04 Å². The summed E-state index contributed by atoms with van der Waals surface area (Å²) in [5, 5.41) is 3.63. The molecule has 16 heavy (non-hydrogen) atoms. The molecular formula is C13H23N3. The van der Waals surface area contributed by atoms with Crippen molar-refractivity contribution in [2.24, 2.45) is 13.0 Å². The smallest absolute Gasteiger partial charge is 0.108 e. The van der Waals surface area contributed by atoms with Crippen LogP contribution in [0.2, 0.25) is 0 Å². The highest BCUT2D eigenvalue weighted by Gasteiger charge is 2.25. The molecule has 1 heterocycles. The zero-order valence-corrected chi connectivity index (χ0v) is 10.4. The van der Waals surface area contributed by atoms with Crippen molar-refractivity contribution in [3.8, 4) is 0 Å². The quantitative estimate of drug-likeness (QED) is 0.844. The van der Waals surface area contributed by atoms with Crippen LogP contribution in [0.4, 0.5) is 0 Å². The maximum atomic E-state index is 4.44. The van der Waals surface area contributed by atoms with E-state index in [4.69, 9.17) is 0 Å². The molecule has 0 bridgehead atoms. The van der Waals surface area contributed by atoms with E-state index < -0.39 is 0 Å². The largest absolute Gasteiger partial charge is 0.338 e. The van der Waals surface area contributed by atoms with Crippen LogP contribution in [0.5, 0.6) is 0 Å². The maximum absolute atomic E-state index is 4.44. The summed E-state index contributed by atoms with van der Waals surface area (Å²) in [5.74, 6) is 2.00. The van der Waals surface area contributed by atoms with Gasteiger partial charge in [0.25, 0.3) is 0 Å². The second kappa shape index (κ2) is 5.48. The van der Waals surface area contributed by atoms with Crippen molar-refractivity contribution in [1.29, 1.82) is 0 Å². The first kappa shape index (κ1) is 11.6. The third-order valence-corrected chi connectivity index (χ3v) is 3.74. The zero-order chi connectivity index (χ0) is 11.4. The Labute approximate surface area is 98.3 Å². The summed E-state index contributed by atoms with van der Waals surface area (Å²) in [5.41, 5.74) is 0. The Kier molecular flexibility index (Phi) is 3.99. The third kappa shape index (κ3) is 2.64. The molecule has 90 valence electrons. The van der Waals surface area contributed by atoms with Crippen LogP contribution >= 0.6 is 0 Å². The first-order chi connectivity index (χ1) is 7.81. The summed E-state index contributed by atoms with van der Waals surface area (Å²) in [7, 11) is 2.09. The van der Waals surface area contributed by atoms with Crippen LogP contribution in [0.3, 0.4) is 0 Å². The molecule has 3 nitrogen and oxygen atoms in total. The molecule has 0 amide bonds. The third-order valence-electron chi connectivity index (χ3n) is 3.74. The number of imidazole rings is 1. The van der Waals surface area contributed by atoms with Crippen LogP contribution in [-0.4, -0.2) is 22.1 Å². The highest BCUT2D eigenvalue weighted by atomic mass is 15.0. The van der Waals surface area contributed by atoms with Crippen LogP contribution in [0.25, 0.3) is 0 Å². The number of hydrogen-bond acceptors (Lipinski definition) is 2. The van der Waals surface area contributed by atoms with Crippen LogP contribution in [0.1, 0.15) is 38.4 Å². The number of rotatable bonds is 4. The number of aromatic nitrogens is 2. The van der Waals surface area contributed by atoms with Gasteiger partial charge in [-0.05, 0) is 25.3 Å². The molecule has 1 saturated carbocycles. The fourth-order valence-corrected chi connectivity index (χ4v) is 2.81. The van der Waals surface area contributed by atoms with Crippen molar-refractivity contribution >= 4 is 0 Å². The molecule has 1 aromatic heterocycles. The molecule has 0 spiro atoms. The van der Waals surface area contributed by atoms with Gasteiger partial charge in [0, 0.05) is 31.9 Å². The predicted octanol–water partition coefficient (Wildman–Crippen LogP) is 2.13. The summed E-state index contributed by atoms with van der Waals surface area (Å²) >= 11 is 0. The first-order valence-corrected chi connectivity index (χ1v) is 6.51. The van der Waals surface area contributed by atoms with Gasteiger partial charge in [0.05, 0.1) is 0 Å². The van der Waals surface area contributed by atoms with Gasteiger partial charge >= 0.3 is 0 Å². The van der Waals surface area contributed by atoms with E-state index in [0.717, 1.165) is 18.9 Å². The lowest BCUT2D eigenvalue weighted by atomic mass is 9.82. The molecule has 1 aromatic rings. The standard InChI is InChI=1S/C13H23N3/c1-3-14-12-7-5-4-6-11(12)10-13-15-8-9-16(13)2/h8-9,11-12,14H,3-7,10H2,1-2H3. The Hall–Kier alpha value is -0.830. The van der Waals surface area contributed by atoms with Crippen LogP contribution in [0, 0.1) is 5.92 Å². The van der Waals surface area contributed by atoms with E-state index in [1.165, 1.54) is 31.5 Å². The molecule has 2 unspecified atom stereocenters. The van der Waals surface area contributed by atoms with Gasteiger partial charge in [0.1, 0.15) is 5.82 Å². The molecule has 2 rings (SSSR count). The molecular weight excluding hydrogens is 198 g/mol. The minimum Gasteiger partial charge on any atom is -0.338 e. The first-order valence-electron chi connectivity index (χ1n) is 6.51. The van der Waals surface area contributed by atoms with Gasteiger partial charge in [-0.15, -0.1) is 0 Å². The Morgan fingerprint density at radius 3 is 2.94 bits per heavy atom. The van der Waals surface area contributed by atoms with Crippen LogP contribution in [-0.2, 0) is 13.5 Å². The van der Waals surface area contributed by atoms with E-state index in [9.17, 15) is 0 Å².